The molecule has 98 valence electrons. The quantitative estimate of drug-likeness (QED) is 0.855. The van der Waals surface area contributed by atoms with Crippen molar-refractivity contribution in [1.29, 1.82) is 5.26 Å². The van der Waals surface area contributed by atoms with Crippen molar-refractivity contribution in [3.8, 4) is 6.07 Å². The van der Waals surface area contributed by atoms with Crippen molar-refractivity contribution in [2.75, 3.05) is 6.54 Å². The summed E-state index contributed by atoms with van der Waals surface area (Å²) < 4.78 is 63.1. The number of rotatable bonds is 4. The van der Waals surface area contributed by atoms with Gasteiger partial charge in [-0.2, -0.15) is 18.4 Å². The fraction of sp³-hybridized carbons (Fsp3) is 0.300. The van der Waals surface area contributed by atoms with Crippen molar-refractivity contribution in [2.45, 2.75) is 17.5 Å². The van der Waals surface area contributed by atoms with E-state index in [2.05, 4.69) is 0 Å². The van der Waals surface area contributed by atoms with Crippen LogP contribution in [0.15, 0.2) is 29.2 Å². The largest absolute Gasteiger partial charge is 0.417 e. The number of nitrogens with one attached hydrogen (secondary N) is 1. The zero-order chi connectivity index (χ0) is 13.8. The summed E-state index contributed by atoms with van der Waals surface area (Å²) in [6.45, 7) is -0.231. The molecule has 0 bridgehead atoms. The predicted octanol–water partition coefficient (Wildman–Crippen LogP) is 1.90. The number of hydrogen-bond donors (Lipinski definition) is 1. The first kappa shape index (κ1) is 14.5. The Balaban J connectivity index is 3.14. The van der Waals surface area contributed by atoms with Crippen LogP contribution in [0.2, 0.25) is 0 Å². The van der Waals surface area contributed by atoms with Crippen molar-refractivity contribution >= 4 is 10.0 Å². The molecule has 0 fully saturated rings. The Hall–Kier alpha value is -1.59. The molecule has 4 nitrogen and oxygen atoms in total. The van der Waals surface area contributed by atoms with Gasteiger partial charge in [-0.15, -0.1) is 0 Å². The third kappa shape index (κ3) is 3.45. The van der Waals surface area contributed by atoms with Gasteiger partial charge in [-0.25, -0.2) is 13.1 Å². The van der Waals surface area contributed by atoms with Crippen LogP contribution in [0.5, 0.6) is 0 Å². The van der Waals surface area contributed by atoms with Crippen LogP contribution in [-0.4, -0.2) is 15.0 Å². The van der Waals surface area contributed by atoms with Crippen LogP contribution in [0.3, 0.4) is 0 Å². The van der Waals surface area contributed by atoms with E-state index >= 15 is 0 Å². The molecule has 1 aromatic rings. The maximum absolute atomic E-state index is 12.6. The normalized spacial score (nSPS) is 12.1. The van der Waals surface area contributed by atoms with Gasteiger partial charge in [0.15, 0.2) is 0 Å². The second kappa shape index (κ2) is 5.37. The van der Waals surface area contributed by atoms with E-state index in [0.29, 0.717) is 6.07 Å². The van der Waals surface area contributed by atoms with Crippen LogP contribution in [0.1, 0.15) is 12.0 Å². The van der Waals surface area contributed by atoms with Crippen molar-refractivity contribution in [3.63, 3.8) is 0 Å². The summed E-state index contributed by atoms with van der Waals surface area (Å²) >= 11 is 0. The molecule has 0 saturated carbocycles. The van der Waals surface area contributed by atoms with Gasteiger partial charge in [0.2, 0.25) is 10.0 Å². The lowest BCUT2D eigenvalue weighted by molar-refractivity contribution is -0.139. The highest BCUT2D eigenvalue weighted by Gasteiger charge is 2.36. The van der Waals surface area contributed by atoms with Crippen LogP contribution >= 0.6 is 0 Å². The molecule has 0 amide bonds. The van der Waals surface area contributed by atoms with Crippen LogP contribution in [0.25, 0.3) is 0 Å². The van der Waals surface area contributed by atoms with E-state index in [1.807, 2.05) is 4.72 Å². The molecule has 1 aromatic carbocycles. The Morgan fingerprint density at radius 3 is 2.44 bits per heavy atom. The highest BCUT2D eigenvalue weighted by Crippen LogP contribution is 2.33. The lowest BCUT2D eigenvalue weighted by Crippen LogP contribution is -2.27. The summed E-state index contributed by atoms with van der Waals surface area (Å²) in [5.74, 6) is 0. The van der Waals surface area contributed by atoms with Gasteiger partial charge in [0.25, 0.3) is 0 Å². The number of benzene rings is 1. The summed E-state index contributed by atoms with van der Waals surface area (Å²) in [5.41, 5.74) is -1.23. The first-order chi connectivity index (χ1) is 8.29. The molecule has 0 aliphatic carbocycles. The lowest BCUT2D eigenvalue weighted by atomic mass is 10.2. The summed E-state index contributed by atoms with van der Waals surface area (Å²) in [4.78, 5) is -0.838. The number of nitrogens with zero attached hydrogens (tertiary/aromatic N) is 1. The molecule has 0 heterocycles. The van der Waals surface area contributed by atoms with Gasteiger partial charge in [-0.1, -0.05) is 12.1 Å². The van der Waals surface area contributed by atoms with Crippen molar-refractivity contribution < 1.29 is 21.6 Å². The second-order valence-electron chi connectivity index (χ2n) is 3.30. The molecule has 0 aliphatic heterocycles. The molecule has 18 heavy (non-hydrogen) atoms. The summed E-state index contributed by atoms with van der Waals surface area (Å²) in [6.07, 6.45) is -4.87. The number of sulfonamides is 1. The maximum atomic E-state index is 12.6. The number of alkyl halides is 3. The minimum absolute atomic E-state index is 0.118. The monoisotopic (exact) mass is 278 g/mol. The summed E-state index contributed by atoms with van der Waals surface area (Å²) in [7, 11) is -4.27. The average Bonchev–Trinajstić information content (AvgIpc) is 2.28. The highest BCUT2D eigenvalue weighted by atomic mass is 32.2. The van der Waals surface area contributed by atoms with Crippen molar-refractivity contribution in [3.05, 3.63) is 29.8 Å². The summed E-state index contributed by atoms with van der Waals surface area (Å²) in [5, 5.41) is 8.25. The fourth-order valence-corrected chi connectivity index (χ4v) is 2.51. The average molecular weight is 278 g/mol. The van der Waals surface area contributed by atoms with Crippen molar-refractivity contribution in [1.82, 2.24) is 4.72 Å². The molecule has 0 radical (unpaired) electrons. The van der Waals surface area contributed by atoms with Crippen LogP contribution in [0, 0.1) is 11.3 Å². The van der Waals surface area contributed by atoms with Gasteiger partial charge in [-0.05, 0) is 12.1 Å². The van der Waals surface area contributed by atoms with Crippen LogP contribution in [-0.2, 0) is 16.2 Å². The molecule has 0 unspecified atom stereocenters. The fourth-order valence-electron chi connectivity index (χ4n) is 1.25. The molecule has 0 spiro atoms. The molecule has 0 atom stereocenters. The number of halogens is 3. The van der Waals surface area contributed by atoms with E-state index < -0.39 is 26.7 Å². The zero-order valence-corrected chi connectivity index (χ0v) is 9.85. The van der Waals surface area contributed by atoms with E-state index in [4.69, 9.17) is 5.26 Å². The third-order valence-electron chi connectivity index (χ3n) is 2.01. The van der Waals surface area contributed by atoms with E-state index in [0.717, 1.165) is 12.1 Å². The SMILES string of the molecule is N#CCCNS(=O)(=O)c1ccccc1C(F)(F)F. The Bertz CT molecular complexity index is 561. The van der Waals surface area contributed by atoms with Gasteiger partial charge in [0, 0.05) is 13.0 Å². The van der Waals surface area contributed by atoms with Gasteiger partial charge in [0.1, 0.15) is 0 Å². The number of hydrogen-bond acceptors (Lipinski definition) is 3. The Kier molecular flexibility index (Phi) is 4.32. The summed E-state index contributed by atoms with van der Waals surface area (Å²) in [6, 6.07) is 5.56. The van der Waals surface area contributed by atoms with Crippen LogP contribution in [0.4, 0.5) is 13.2 Å². The van der Waals surface area contributed by atoms with Gasteiger partial charge in [0.05, 0.1) is 16.5 Å². The molecule has 0 saturated heterocycles. The Morgan fingerprint density at radius 2 is 1.89 bits per heavy atom. The lowest BCUT2D eigenvalue weighted by Gasteiger charge is -2.13. The smallest absolute Gasteiger partial charge is 0.210 e. The third-order valence-corrected chi connectivity index (χ3v) is 3.53. The van der Waals surface area contributed by atoms with Crippen LogP contribution < -0.4 is 4.72 Å². The van der Waals surface area contributed by atoms with E-state index in [-0.39, 0.29) is 13.0 Å². The molecular weight excluding hydrogens is 269 g/mol. The number of nitriles is 1. The first-order valence-corrected chi connectivity index (χ1v) is 6.30. The van der Waals surface area contributed by atoms with Crippen molar-refractivity contribution in [2.24, 2.45) is 0 Å². The van der Waals surface area contributed by atoms with Gasteiger partial charge < -0.3 is 0 Å². The predicted molar refractivity (Wildman–Crippen MR) is 56.9 cm³/mol. The first-order valence-electron chi connectivity index (χ1n) is 4.82. The molecule has 8 heteroatoms. The van der Waals surface area contributed by atoms with Gasteiger partial charge >= 0.3 is 6.18 Å². The van der Waals surface area contributed by atoms with E-state index in [9.17, 15) is 21.6 Å². The van der Waals surface area contributed by atoms with E-state index in [1.54, 1.807) is 6.07 Å². The molecule has 1 rings (SSSR count). The maximum Gasteiger partial charge on any atom is 0.417 e. The standard InChI is InChI=1S/C10H9F3N2O2S/c11-10(12,13)8-4-1-2-5-9(8)18(16,17)15-7-3-6-14/h1-2,4-5,15H,3,7H2. The van der Waals surface area contributed by atoms with Gasteiger partial charge in [-0.3, -0.25) is 0 Å². The topological polar surface area (TPSA) is 70.0 Å². The second-order valence-corrected chi connectivity index (χ2v) is 5.04. The minimum atomic E-state index is -4.75. The highest BCUT2D eigenvalue weighted by molar-refractivity contribution is 7.89. The molecular formula is C10H9F3N2O2S. The Labute approximate surface area is 102 Å². The molecule has 0 aromatic heterocycles. The van der Waals surface area contributed by atoms with E-state index in [1.165, 1.54) is 6.07 Å². The molecule has 0 aliphatic rings. The zero-order valence-electron chi connectivity index (χ0n) is 9.03. The Morgan fingerprint density at radius 1 is 1.28 bits per heavy atom. The minimum Gasteiger partial charge on any atom is -0.210 e. The molecule has 1 N–H and O–H groups in total.